The Kier molecular flexibility index (Phi) is 4.99. The Labute approximate surface area is 131 Å². The largest absolute Gasteiger partial charge is 0.417 e. The summed E-state index contributed by atoms with van der Waals surface area (Å²) in [4.78, 5) is 0. The quantitative estimate of drug-likeness (QED) is 0.619. The zero-order valence-corrected chi connectivity index (χ0v) is 12.6. The number of benzene rings is 1. The van der Waals surface area contributed by atoms with Gasteiger partial charge in [0.2, 0.25) is 0 Å². The van der Waals surface area contributed by atoms with E-state index >= 15 is 0 Å². The first-order valence-electron chi connectivity index (χ1n) is 6.45. The van der Waals surface area contributed by atoms with E-state index in [0.29, 0.717) is 0 Å². The van der Waals surface area contributed by atoms with E-state index in [-0.39, 0.29) is 12.1 Å². The predicted octanol–water partition coefficient (Wildman–Crippen LogP) is 5.82. The Bertz CT molecular complexity index is 603. The molecule has 10 heteroatoms. The molecule has 1 nitrogen and oxygen atoms in total. The van der Waals surface area contributed by atoms with E-state index in [2.05, 4.69) is 0 Å². The number of rotatable bonds is 1. The van der Waals surface area contributed by atoms with Gasteiger partial charge >= 0.3 is 18.5 Å². The standard InChI is InChI=1S/C14H13F9O/c1-11(2,3)10(24)8-6(12(15,16)17)4-5-7(13(18,19)20)9(8)14(21,22)23/h4-5,10,24H,1-3H3. The van der Waals surface area contributed by atoms with Gasteiger partial charge in [-0.15, -0.1) is 0 Å². The van der Waals surface area contributed by atoms with Crippen LogP contribution in [0, 0.1) is 5.41 Å². The monoisotopic (exact) mass is 368 g/mol. The highest BCUT2D eigenvalue weighted by Gasteiger charge is 2.50. The van der Waals surface area contributed by atoms with Gasteiger partial charge in [-0.1, -0.05) is 20.8 Å². The summed E-state index contributed by atoms with van der Waals surface area (Å²) in [5, 5.41) is 9.97. The van der Waals surface area contributed by atoms with Crippen LogP contribution in [0.25, 0.3) is 0 Å². The molecular weight excluding hydrogens is 355 g/mol. The minimum absolute atomic E-state index is 0.0949. The molecule has 0 fully saturated rings. The lowest BCUT2D eigenvalue weighted by Gasteiger charge is -2.32. The van der Waals surface area contributed by atoms with Crippen molar-refractivity contribution in [3.63, 3.8) is 0 Å². The highest BCUT2D eigenvalue weighted by molar-refractivity contribution is 5.47. The second kappa shape index (κ2) is 5.82. The Morgan fingerprint density at radius 1 is 0.708 bits per heavy atom. The van der Waals surface area contributed by atoms with Crippen LogP contribution in [0.4, 0.5) is 39.5 Å². The molecule has 1 atom stereocenters. The molecule has 0 aliphatic rings. The lowest BCUT2D eigenvalue weighted by atomic mass is 9.79. The minimum Gasteiger partial charge on any atom is -0.388 e. The molecule has 0 amide bonds. The lowest BCUT2D eigenvalue weighted by Crippen LogP contribution is -2.28. The number of alkyl halides is 9. The van der Waals surface area contributed by atoms with Crippen LogP contribution >= 0.6 is 0 Å². The molecule has 1 N–H and O–H groups in total. The fraction of sp³-hybridized carbons (Fsp3) is 0.571. The van der Waals surface area contributed by atoms with Crippen molar-refractivity contribution in [1.82, 2.24) is 0 Å². The van der Waals surface area contributed by atoms with E-state index in [1.165, 1.54) is 0 Å². The average molecular weight is 368 g/mol. The molecule has 0 aliphatic heterocycles. The fourth-order valence-electron chi connectivity index (χ4n) is 2.13. The van der Waals surface area contributed by atoms with Crippen LogP contribution in [-0.4, -0.2) is 5.11 Å². The van der Waals surface area contributed by atoms with Crippen molar-refractivity contribution < 1.29 is 44.6 Å². The summed E-state index contributed by atoms with van der Waals surface area (Å²) < 4.78 is 117. The van der Waals surface area contributed by atoms with Crippen LogP contribution in [0.1, 0.15) is 49.1 Å². The maximum absolute atomic E-state index is 13.2. The van der Waals surface area contributed by atoms with Gasteiger partial charge in [0.15, 0.2) is 0 Å². The van der Waals surface area contributed by atoms with Crippen molar-refractivity contribution in [3.05, 3.63) is 34.4 Å². The van der Waals surface area contributed by atoms with Crippen molar-refractivity contribution in [2.24, 2.45) is 5.41 Å². The molecule has 24 heavy (non-hydrogen) atoms. The smallest absolute Gasteiger partial charge is 0.388 e. The first-order valence-corrected chi connectivity index (χ1v) is 6.45. The topological polar surface area (TPSA) is 20.2 Å². The fourth-order valence-corrected chi connectivity index (χ4v) is 2.13. The number of halogens is 9. The second-order valence-corrected chi connectivity index (χ2v) is 6.21. The van der Waals surface area contributed by atoms with Gasteiger partial charge in [0.25, 0.3) is 0 Å². The maximum atomic E-state index is 13.2. The molecule has 0 aliphatic carbocycles. The molecule has 0 aromatic heterocycles. The van der Waals surface area contributed by atoms with Crippen LogP contribution in [0.15, 0.2) is 12.1 Å². The van der Waals surface area contributed by atoms with E-state index in [4.69, 9.17) is 0 Å². The van der Waals surface area contributed by atoms with Crippen LogP contribution in [-0.2, 0) is 18.5 Å². The zero-order valence-electron chi connectivity index (χ0n) is 12.6. The molecule has 0 bridgehead atoms. The summed E-state index contributed by atoms with van der Waals surface area (Å²) in [6.07, 6.45) is -19.1. The molecular formula is C14H13F9O. The van der Waals surface area contributed by atoms with Gasteiger partial charge in [0, 0.05) is 5.56 Å². The molecule has 0 saturated heterocycles. The second-order valence-electron chi connectivity index (χ2n) is 6.21. The third-order valence-electron chi connectivity index (χ3n) is 3.23. The zero-order chi connectivity index (χ0) is 19.3. The Balaban J connectivity index is 4.03. The molecule has 1 unspecified atom stereocenters. The summed E-state index contributed by atoms with van der Waals surface area (Å²) in [5.41, 5.74) is -10.1. The average Bonchev–Trinajstić information content (AvgIpc) is 2.31. The first kappa shape index (κ1) is 20.6. The molecule has 0 saturated carbocycles. The van der Waals surface area contributed by atoms with Gasteiger partial charge in [-0.3, -0.25) is 0 Å². The highest BCUT2D eigenvalue weighted by atomic mass is 19.4. The van der Waals surface area contributed by atoms with E-state index in [1.807, 2.05) is 0 Å². The van der Waals surface area contributed by atoms with E-state index in [0.717, 1.165) is 20.8 Å². The third kappa shape index (κ3) is 4.14. The van der Waals surface area contributed by atoms with Crippen molar-refractivity contribution in [3.8, 4) is 0 Å². The van der Waals surface area contributed by atoms with Crippen LogP contribution in [0.3, 0.4) is 0 Å². The van der Waals surface area contributed by atoms with E-state index < -0.39 is 52.3 Å². The van der Waals surface area contributed by atoms with Gasteiger partial charge < -0.3 is 5.11 Å². The molecule has 1 aromatic rings. The van der Waals surface area contributed by atoms with Crippen LogP contribution < -0.4 is 0 Å². The van der Waals surface area contributed by atoms with Crippen LogP contribution in [0.2, 0.25) is 0 Å². The molecule has 0 radical (unpaired) electrons. The summed E-state index contributed by atoms with van der Waals surface area (Å²) >= 11 is 0. The molecule has 1 rings (SSSR count). The molecule has 1 aromatic carbocycles. The first-order chi connectivity index (χ1) is 10.4. The summed E-state index contributed by atoms with van der Waals surface area (Å²) in [6.45, 7) is 3.33. The van der Waals surface area contributed by atoms with Crippen molar-refractivity contribution in [2.45, 2.75) is 45.4 Å². The maximum Gasteiger partial charge on any atom is 0.417 e. The van der Waals surface area contributed by atoms with Gasteiger partial charge in [-0.25, -0.2) is 0 Å². The molecule has 0 heterocycles. The summed E-state index contributed by atoms with van der Waals surface area (Å²) in [6, 6.07) is -0.368. The Hall–Kier alpha value is -1.45. The normalized spacial score (nSPS) is 15.5. The Morgan fingerprint density at radius 3 is 1.38 bits per heavy atom. The lowest BCUT2D eigenvalue weighted by molar-refractivity contribution is -0.166. The van der Waals surface area contributed by atoms with Crippen molar-refractivity contribution in [1.29, 1.82) is 0 Å². The number of aliphatic hydroxyl groups is 1. The summed E-state index contributed by atoms with van der Waals surface area (Å²) in [7, 11) is 0. The van der Waals surface area contributed by atoms with E-state index in [9.17, 15) is 44.6 Å². The van der Waals surface area contributed by atoms with Crippen molar-refractivity contribution in [2.75, 3.05) is 0 Å². The number of aliphatic hydroxyl groups excluding tert-OH is 1. The van der Waals surface area contributed by atoms with Crippen molar-refractivity contribution >= 4 is 0 Å². The van der Waals surface area contributed by atoms with E-state index in [1.54, 1.807) is 0 Å². The van der Waals surface area contributed by atoms with Gasteiger partial charge in [-0.2, -0.15) is 39.5 Å². The molecule has 0 spiro atoms. The number of hydrogen-bond acceptors (Lipinski definition) is 1. The van der Waals surface area contributed by atoms with Gasteiger partial charge in [0.05, 0.1) is 22.8 Å². The van der Waals surface area contributed by atoms with Crippen LogP contribution in [0.5, 0.6) is 0 Å². The molecule has 138 valence electrons. The number of hydrogen-bond donors (Lipinski definition) is 1. The predicted molar refractivity (Wildman–Crippen MR) is 65.9 cm³/mol. The van der Waals surface area contributed by atoms with Gasteiger partial charge in [0.1, 0.15) is 0 Å². The van der Waals surface area contributed by atoms with Gasteiger partial charge in [-0.05, 0) is 17.5 Å². The SMILES string of the molecule is CC(C)(C)C(O)c1c(C(F)(F)F)ccc(C(F)(F)F)c1C(F)(F)F. The third-order valence-corrected chi connectivity index (χ3v) is 3.23. The highest BCUT2D eigenvalue weighted by Crippen LogP contribution is 2.50. The summed E-state index contributed by atoms with van der Waals surface area (Å²) in [5.74, 6) is 0. The minimum atomic E-state index is -5.74. The Morgan fingerprint density at radius 2 is 1.08 bits per heavy atom.